The minimum absolute atomic E-state index is 0.0517. The van der Waals surface area contributed by atoms with Crippen LogP contribution in [0.25, 0.3) is 11.1 Å². The maximum Gasteiger partial charge on any atom is 0.254 e. The zero-order valence-electron chi connectivity index (χ0n) is 20.0. The first-order valence-electron chi connectivity index (χ1n) is 12.1. The van der Waals surface area contributed by atoms with Gasteiger partial charge in [0.25, 0.3) is 5.91 Å². The van der Waals surface area contributed by atoms with E-state index in [2.05, 4.69) is 21.4 Å². The molecule has 192 valence electrons. The van der Waals surface area contributed by atoms with Crippen LogP contribution in [0.2, 0.25) is 4.34 Å². The number of benzene rings is 1. The molecule has 1 aliphatic heterocycles. The zero-order chi connectivity index (χ0) is 26.2. The maximum absolute atomic E-state index is 14.8. The fourth-order valence-corrected chi connectivity index (χ4v) is 5.70. The van der Waals surface area contributed by atoms with Crippen LogP contribution in [0.3, 0.4) is 0 Å². The normalized spacial score (nSPS) is 17.3. The summed E-state index contributed by atoms with van der Waals surface area (Å²) in [5.41, 5.74) is 7.20. The van der Waals surface area contributed by atoms with Gasteiger partial charge in [0, 0.05) is 42.7 Å². The Bertz CT molecular complexity index is 1380. The van der Waals surface area contributed by atoms with Crippen molar-refractivity contribution in [2.75, 3.05) is 18.4 Å². The van der Waals surface area contributed by atoms with Crippen LogP contribution in [0.1, 0.15) is 48.0 Å². The average molecular weight is 541 g/mol. The Morgan fingerprint density at radius 3 is 2.65 bits per heavy atom. The number of thiophene rings is 1. The molecule has 5 rings (SSSR count). The Morgan fingerprint density at radius 2 is 2.05 bits per heavy atom. The first-order valence-corrected chi connectivity index (χ1v) is 13.4. The summed E-state index contributed by atoms with van der Waals surface area (Å²) in [4.78, 5) is 26.5. The number of likely N-dealkylation sites (tertiary alicyclic amines) is 1. The highest BCUT2D eigenvalue weighted by molar-refractivity contribution is 7.14. The van der Waals surface area contributed by atoms with Gasteiger partial charge in [0.2, 0.25) is 5.91 Å². The molecule has 0 unspecified atom stereocenters. The van der Waals surface area contributed by atoms with E-state index >= 15 is 0 Å². The van der Waals surface area contributed by atoms with E-state index in [0.717, 1.165) is 24.0 Å². The molecule has 1 aliphatic carbocycles. The van der Waals surface area contributed by atoms with Crippen molar-refractivity contribution in [1.29, 1.82) is 5.26 Å². The van der Waals surface area contributed by atoms with Gasteiger partial charge in [-0.2, -0.15) is 10.4 Å². The molecule has 0 spiro atoms. The molecule has 3 heterocycles. The molecule has 37 heavy (non-hydrogen) atoms. The zero-order valence-corrected chi connectivity index (χ0v) is 21.6. The smallest absolute Gasteiger partial charge is 0.254 e. The van der Waals surface area contributed by atoms with Gasteiger partial charge < -0.3 is 11.1 Å². The Kier molecular flexibility index (Phi) is 7.03. The second-order valence-electron chi connectivity index (χ2n) is 9.75. The predicted octanol–water partition coefficient (Wildman–Crippen LogP) is 4.76. The number of carbonyl (C=O) groups is 2. The fraction of sp³-hybridized carbons (Fsp3) is 0.385. The molecule has 0 atom stereocenters. The summed E-state index contributed by atoms with van der Waals surface area (Å²) in [5, 5.41) is 18.7. The summed E-state index contributed by atoms with van der Waals surface area (Å²) in [6, 6.07) is 9.27. The van der Waals surface area contributed by atoms with Crippen molar-refractivity contribution in [3.8, 4) is 17.2 Å². The van der Waals surface area contributed by atoms with E-state index in [0.29, 0.717) is 42.4 Å². The number of amides is 2. The molecule has 2 fully saturated rings. The lowest BCUT2D eigenvalue weighted by Gasteiger charge is -2.40. The first-order chi connectivity index (χ1) is 17.8. The second-order valence-corrected chi connectivity index (χ2v) is 11.3. The number of nitrogens with zero attached hydrogens (tertiary/aromatic N) is 4. The van der Waals surface area contributed by atoms with Gasteiger partial charge in [0.1, 0.15) is 11.4 Å². The summed E-state index contributed by atoms with van der Waals surface area (Å²) in [6.07, 6.45) is 4.59. The van der Waals surface area contributed by atoms with Gasteiger partial charge in [0.05, 0.1) is 22.4 Å². The van der Waals surface area contributed by atoms with Crippen molar-refractivity contribution in [1.82, 2.24) is 14.7 Å². The van der Waals surface area contributed by atoms with Gasteiger partial charge in [-0.05, 0) is 48.9 Å². The number of piperidine rings is 1. The maximum atomic E-state index is 14.8. The molecule has 1 saturated carbocycles. The van der Waals surface area contributed by atoms with Gasteiger partial charge in [-0.3, -0.25) is 19.2 Å². The van der Waals surface area contributed by atoms with Crippen LogP contribution in [0, 0.1) is 23.1 Å². The predicted molar refractivity (Wildman–Crippen MR) is 140 cm³/mol. The number of nitrogens with two attached hydrogens (primary N) is 1. The summed E-state index contributed by atoms with van der Waals surface area (Å²) in [5.74, 6) is -1.05. The third kappa shape index (κ3) is 5.39. The van der Waals surface area contributed by atoms with Crippen LogP contribution >= 0.6 is 22.9 Å². The van der Waals surface area contributed by atoms with Crippen molar-refractivity contribution in [3.63, 3.8) is 0 Å². The molecule has 11 heteroatoms. The lowest BCUT2D eigenvalue weighted by Crippen LogP contribution is -2.46. The number of rotatable bonds is 8. The van der Waals surface area contributed by atoms with E-state index < -0.39 is 11.4 Å². The number of halogens is 2. The highest BCUT2D eigenvalue weighted by Crippen LogP contribution is 2.36. The number of hydrogen-bond donors (Lipinski definition) is 2. The van der Waals surface area contributed by atoms with Crippen molar-refractivity contribution in [2.24, 2.45) is 11.7 Å². The SMILES string of the molecule is N#CCC1(n2cc(C(N)=O)c(NC(=O)C3CC3)n2)CCN(Cc2ccc(-c3csc(Cl)c3)c(F)c2)CC1. The van der Waals surface area contributed by atoms with Gasteiger partial charge >= 0.3 is 0 Å². The summed E-state index contributed by atoms with van der Waals surface area (Å²) < 4.78 is 17.1. The summed E-state index contributed by atoms with van der Waals surface area (Å²) in [7, 11) is 0. The molecule has 8 nitrogen and oxygen atoms in total. The summed E-state index contributed by atoms with van der Waals surface area (Å²) in [6.45, 7) is 1.88. The first kappa shape index (κ1) is 25.4. The fourth-order valence-electron chi connectivity index (χ4n) is 4.82. The Labute approximate surface area is 222 Å². The highest BCUT2D eigenvalue weighted by atomic mass is 35.5. The van der Waals surface area contributed by atoms with Gasteiger partial charge in [-0.15, -0.1) is 11.3 Å². The molecular formula is C26H26ClFN6O2S. The van der Waals surface area contributed by atoms with E-state index in [1.165, 1.54) is 11.3 Å². The standard InChI is InChI=1S/C26H26ClFN6O2S/c27-22-12-18(15-37-22)19-4-1-16(11-21(19)28)13-33-9-6-26(5-8-29,7-10-33)34-14-20(23(30)35)24(32-34)31-25(36)17-2-3-17/h1,4,11-12,14-15,17H,2-3,5-7,9-10,13H2,(H2,30,35)(H,31,32,36). The number of primary amides is 1. The topological polar surface area (TPSA) is 117 Å². The quantitative estimate of drug-likeness (QED) is 0.427. The molecule has 1 saturated heterocycles. The van der Waals surface area contributed by atoms with Crippen LogP contribution in [0.4, 0.5) is 10.2 Å². The van der Waals surface area contributed by atoms with E-state index in [4.69, 9.17) is 17.3 Å². The van der Waals surface area contributed by atoms with Crippen LogP contribution in [0.5, 0.6) is 0 Å². The van der Waals surface area contributed by atoms with E-state index in [1.807, 2.05) is 11.4 Å². The molecule has 2 aliphatic rings. The summed E-state index contributed by atoms with van der Waals surface area (Å²) >= 11 is 7.36. The molecule has 3 aromatic rings. The number of aromatic nitrogens is 2. The molecule has 2 aromatic heterocycles. The third-order valence-corrected chi connectivity index (χ3v) is 8.26. The van der Waals surface area contributed by atoms with Crippen molar-refractivity contribution >= 4 is 40.6 Å². The Morgan fingerprint density at radius 1 is 1.30 bits per heavy atom. The largest absolute Gasteiger partial charge is 0.365 e. The Balaban J connectivity index is 1.30. The van der Waals surface area contributed by atoms with Crippen molar-refractivity contribution in [3.05, 3.63) is 57.1 Å². The highest BCUT2D eigenvalue weighted by Gasteiger charge is 2.39. The van der Waals surface area contributed by atoms with Crippen molar-refractivity contribution < 1.29 is 14.0 Å². The van der Waals surface area contributed by atoms with Crippen molar-refractivity contribution in [2.45, 2.75) is 44.2 Å². The lowest BCUT2D eigenvalue weighted by molar-refractivity contribution is -0.117. The lowest BCUT2D eigenvalue weighted by atomic mass is 9.84. The van der Waals surface area contributed by atoms with Crippen LogP contribution in [0.15, 0.2) is 35.8 Å². The molecule has 0 radical (unpaired) electrons. The van der Waals surface area contributed by atoms with E-state index in [-0.39, 0.29) is 35.4 Å². The second kappa shape index (κ2) is 10.2. The molecule has 3 N–H and O–H groups in total. The minimum Gasteiger partial charge on any atom is -0.365 e. The number of nitrogens with one attached hydrogen (secondary N) is 1. The van der Waals surface area contributed by atoms with Crippen LogP contribution in [-0.2, 0) is 16.9 Å². The number of hydrogen-bond acceptors (Lipinski definition) is 6. The number of nitriles is 1. The van der Waals surface area contributed by atoms with E-state index in [9.17, 15) is 19.2 Å². The minimum atomic E-state index is -0.683. The average Bonchev–Trinajstić information content (AvgIpc) is 3.50. The Hall–Kier alpha value is -3.26. The van der Waals surface area contributed by atoms with Crippen LogP contribution < -0.4 is 11.1 Å². The molecule has 2 amide bonds. The molecule has 1 aromatic carbocycles. The third-order valence-electron chi connectivity index (χ3n) is 7.17. The molecule has 0 bridgehead atoms. The van der Waals surface area contributed by atoms with Crippen LogP contribution in [-0.4, -0.2) is 39.6 Å². The molecular weight excluding hydrogens is 515 g/mol. The van der Waals surface area contributed by atoms with Gasteiger partial charge in [-0.1, -0.05) is 23.7 Å². The van der Waals surface area contributed by atoms with Gasteiger partial charge in [-0.25, -0.2) is 4.39 Å². The van der Waals surface area contributed by atoms with Gasteiger partial charge in [0.15, 0.2) is 5.82 Å². The number of carbonyl (C=O) groups excluding carboxylic acids is 2. The van der Waals surface area contributed by atoms with E-state index in [1.54, 1.807) is 29.1 Å². The number of anilines is 1. The monoisotopic (exact) mass is 540 g/mol.